The maximum Gasteiger partial charge on any atom is 0.329 e. The highest BCUT2D eigenvalue weighted by Crippen LogP contribution is 2.24. The average Bonchev–Trinajstić information content (AvgIpc) is 2.94. The standard InChI is InChI=1S/C18H20ClN3O5/c19-12-3-5-13(6-4-12)22-16(24)14(20-18(22)27)7-8-15(23)21-9-1-2-11(10-21)17(25)26/h3-6,11,14H,1-2,7-10H2,(H,20,27)(H,25,26). The minimum absolute atomic E-state index is 0.0669. The fraction of sp³-hybridized carbons (Fsp3) is 0.444. The van der Waals surface area contributed by atoms with Gasteiger partial charge < -0.3 is 15.3 Å². The van der Waals surface area contributed by atoms with Gasteiger partial charge in [-0.05, 0) is 43.5 Å². The fourth-order valence-electron chi connectivity index (χ4n) is 3.39. The van der Waals surface area contributed by atoms with E-state index in [0.29, 0.717) is 30.1 Å². The molecule has 2 fully saturated rings. The van der Waals surface area contributed by atoms with E-state index < -0.39 is 29.9 Å². The topological polar surface area (TPSA) is 107 Å². The number of hydrogen-bond acceptors (Lipinski definition) is 4. The lowest BCUT2D eigenvalue weighted by molar-refractivity contribution is -0.145. The van der Waals surface area contributed by atoms with Crippen molar-refractivity contribution in [1.82, 2.24) is 10.2 Å². The maximum absolute atomic E-state index is 12.5. The Morgan fingerprint density at radius 3 is 2.59 bits per heavy atom. The summed E-state index contributed by atoms with van der Waals surface area (Å²) in [6, 6.07) is 5.01. The first-order chi connectivity index (χ1) is 12.9. The molecule has 0 aliphatic carbocycles. The summed E-state index contributed by atoms with van der Waals surface area (Å²) in [5.74, 6) is -2.06. The summed E-state index contributed by atoms with van der Waals surface area (Å²) in [4.78, 5) is 50.7. The summed E-state index contributed by atoms with van der Waals surface area (Å²) in [6.45, 7) is 0.709. The number of carboxylic acids is 1. The normalized spacial score (nSPS) is 22.7. The molecule has 2 saturated heterocycles. The lowest BCUT2D eigenvalue weighted by Crippen LogP contribution is -2.43. The summed E-state index contributed by atoms with van der Waals surface area (Å²) in [6.07, 6.45) is 1.44. The molecule has 0 aromatic heterocycles. The van der Waals surface area contributed by atoms with Gasteiger partial charge in [0.05, 0.1) is 11.6 Å². The lowest BCUT2D eigenvalue weighted by atomic mass is 9.97. The molecule has 2 aliphatic heterocycles. The lowest BCUT2D eigenvalue weighted by Gasteiger charge is -2.31. The number of carbonyl (C=O) groups is 4. The van der Waals surface area contributed by atoms with Crippen LogP contribution in [0.25, 0.3) is 0 Å². The van der Waals surface area contributed by atoms with Gasteiger partial charge in [-0.3, -0.25) is 14.4 Å². The number of imide groups is 1. The second-order valence-corrected chi connectivity index (χ2v) is 7.14. The van der Waals surface area contributed by atoms with Gasteiger partial charge in [-0.2, -0.15) is 0 Å². The Labute approximate surface area is 161 Å². The predicted molar refractivity (Wildman–Crippen MR) is 97.4 cm³/mol. The molecule has 1 aromatic rings. The number of piperidine rings is 1. The van der Waals surface area contributed by atoms with Crippen molar-refractivity contribution in [2.24, 2.45) is 5.92 Å². The Morgan fingerprint density at radius 1 is 1.22 bits per heavy atom. The maximum atomic E-state index is 12.5. The number of aliphatic carboxylic acids is 1. The number of urea groups is 1. The quantitative estimate of drug-likeness (QED) is 0.742. The van der Waals surface area contributed by atoms with Crippen LogP contribution in [0, 0.1) is 5.92 Å². The van der Waals surface area contributed by atoms with Crippen LogP contribution in [-0.2, 0) is 14.4 Å². The zero-order valence-corrected chi connectivity index (χ0v) is 15.3. The molecule has 8 nitrogen and oxygen atoms in total. The molecule has 0 bridgehead atoms. The second kappa shape index (κ2) is 7.96. The van der Waals surface area contributed by atoms with Crippen molar-refractivity contribution in [2.45, 2.75) is 31.7 Å². The van der Waals surface area contributed by atoms with Crippen molar-refractivity contribution in [3.05, 3.63) is 29.3 Å². The molecule has 2 aliphatic rings. The first kappa shape index (κ1) is 19.2. The summed E-state index contributed by atoms with van der Waals surface area (Å²) < 4.78 is 0. The molecule has 4 amide bonds. The molecule has 0 saturated carbocycles. The molecule has 0 spiro atoms. The average molecular weight is 394 g/mol. The van der Waals surface area contributed by atoms with Gasteiger partial charge in [0.15, 0.2) is 0 Å². The van der Waals surface area contributed by atoms with Crippen LogP contribution >= 0.6 is 11.6 Å². The smallest absolute Gasteiger partial charge is 0.329 e. The molecule has 1 aromatic carbocycles. The number of nitrogens with one attached hydrogen (secondary N) is 1. The SMILES string of the molecule is O=C(O)C1CCCN(C(=O)CCC2NC(=O)N(c3ccc(Cl)cc3)C2=O)C1. The number of carboxylic acid groups (broad SMARTS) is 1. The van der Waals surface area contributed by atoms with Gasteiger partial charge >= 0.3 is 12.0 Å². The van der Waals surface area contributed by atoms with Crippen LogP contribution in [0.1, 0.15) is 25.7 Å². The molecule has 9 heteroatoms. The van der Waals surface area contributed by atoms with Crippen molar-refractivity contribution in [3.8, 4) is 0 Å². The fourth-order valence-corrected chi connectivity index (χ4v) is 3.52. The highest BCUT2D eigenvalue weighted by Gasteiger charge is 2.39. The van der Waals surface area contributed by atoms with Crippen molar-refractivity contribution >= 4 is 41.1 Å². The number of anilines is 1. The molecule has 0 radical (unpaired) electrons. The zero-order valence-electron chi connectivity index (χ0n) is 14.6. The van der Waals surface area contributed by atoms with E-state index in [9.17, 15) is 19.2 Å². The van der Waals surface area contributed by atoms with Gasteiger partial charge in [0.2, 0.25) is 5.91 Å². The van der Waals surface area contributed by atoms with E-state index in [1.165, 1.54) is 4.90 Å². The van der Waals surface area contributed by atoms with E-state index in [2.05, 4.69) is 5.32 Å². The largest absolute Gasteiger partial charge is 0.481 e. The number of halogens is 1. The van der Waals surface area contributed by atoms with Gasteiger partial charge in [0.25, 0.3) is 5.91 Å². The first-order valence-corrected chi connectivity index (χ1v) is 9.15. The van der Waals surface area contributed by atoms with E-state index in [1.807, 2.05) is 0 Å². The Balaban J connectivity index is 1.57. The minimum Gasteiger partial charge on any atom is -0.481 e. The summed E-state index contributed by atoms with van der Waals surface area (Å²) >= 11 is 5.83. The second-order valence-electron chi connectivity index (χ2n) is 6.71. The molecule has 144 valence electrons. The van der Waals surface area contributed by atoms with Gasteiger partial charge in [-0.25, -0.2) is 9.69 Å². The monoisotopic (exact) mass is 393 g/mol. The number of rotatable bonds is 5. The third kappa shape index (κ3) is 4.21. The van der Waals surface area contributed by atoms with Crippen molar-refractivity contribution in [2.75, 3.05) is 18.0 Å². The molecular formula is C18H20ClN3O5. The van der Waals surface area contributed by atoms with E-state index in [-0.39, 0.29) is 25.3 Å². The predicted octanol–water partition coefficient (Wildman–Crippen LogP) is 1.87. The summed E-state index contributed by atoms with van der Waals surface area (Å²) in [5, 5.41) is 12.2. The number of hydrogen-bond donors (Lipinski definition) is 2. The Morgan fingerprint density at radius 2 is 1.93 bits per heavy atom. The third-order valence-corrected chi connectivity index (χ3v) is 5.13. The molecule has 2 unspecified atom stereocenters. The molecule has 2 heterocycles. The number of benzene rings is 1. The minimum atomic E-state index is -0.899. The molecule has 2 N–H and O–H groups in total. The van der Waals surface area contributed by atoms with Gasteiger partial charge in [0.1, 0.15) is 6.04 Å². The zero-order chi connectivity index (χ0) is 19.6. The van der Waals surface area contributed by atoms with Crippen LogP contribution in [-0.4, -0.2) is 53.0 Å². The number of amides is 4. The number of nitrogens with zero attached hydrogens (tertiary/aromatic N) is 2. The van der Waals surface area contributed by atoms with Gasteiger partial charge in [-0.1, -0.05) is 11.6 Å². The van der Waals surface area contributed by atoms with Crippen molar-refractivity contribution in [1.29, 1.82) is 0 Å². The van der Waals surface area contributed by atoms with Gasteiger partial charge in [-0.15, -0.1) is 0 Å². The summed E-state index contributed by atoms with van der Waals surface area (Å²) in [7, 11) is 0. The Bertz CT molecular complexity index is 767. The third-order valence-electron chi connectivity index (χ3n) is 4.87. The Kier molecular flexibility index (Phi) is 5.65. The number of carbonyl (C=O) groups excluding carboxylic acids is 3. The van der Waals surface area contributed by atoms with Crippen LogP contribution in [0.3, 0.4) is 0 Å². The highest BCUT2D eigenvalue weighted by molar-refractivity contribution is 6.30. The van der Waals surface area contributed by atoms with Crippen molar-refractivity contribution < 1.29 is 24.3 Å². The van der Waals surface area contributed by atoms with Crippen LogP contribution in [0.2, 0.25) is 5.02 Å². The van der Waals surface area contributed by atoms with Crippen LogP contribution in [0.4, 0.5) is 10.5 Å². The summed E-state index contributed by atoms with van der Waals surface area (Å²) in [5.41, 5.74) is 0.413. The molecule has 2 atom stereocenters. The van der Waals surface area contributed by atoms with Crippen LogP contribution < -0.4 is 10.2 Å². The Hall–Kier alpha value is -2.61. The van der Waals surface area contributed by atoms with Gasteiger partial charge in [0, 0.05) is 24.5 Å². The van der Waals surface area contributed by atoms with E-state index in [1.54, 1.807) is 24.3 Å². The number of likely N-dealkylation sites (tertiary alicyclic amines) is 1. The molecule has 3 rings (SSSR count). The van der Waals surface area contributed by atoms with Crippen LogP contribution in [0.5, 0.6) is 0 Å². The molecular weight excluding hydrogens is 374 g/mol. The van der Waals surface area contributed by atoms with Crippen molar-refractivity contribution in [3.63, 3.8) is 0 Å². The van der Waals surface area contributed by atoms with E-state index in [4.69, 9.17) is 16.7 Å². The highest BCUT2D eigenvalue weighted by atomic mass is 35.5. The molecule has 27 heavy (non-hydrogen) atoms. The van der Waals surface area contributed by atoms with E-state index in [0.717, 1.165) is 4.90 Å². The van der Waals surface area contributed by atoms with Crippen LogP contribution in [0.15, 0.2) is 24.3 Å². The van der Waals surface area contributed by atoms with E-state index >= 15 is 0 Å². The first-order valence-electron chi connectivity index (χ1n) is 8.77.